The van der Waals surface area contributed by atoms with Crippen molar-refractivity contribution in [3.05, 3.63) is 76.3 Å². The molecule has 43 heavy (non-hydrogen) atoms. The van der Waals surface area contributed by atoms with Crippen molar-refractivity contribution < 1.29 is 32.2 Å². The first-order chi connectivity index (χ1) is 20.5. The van der Waals surface area contributed by atoms with E-state index in [1.54, 1.807) is 37.3 Å². The second-order valence-corrected chi connectivity index (χ2v) is 12.2. The number of anilines is 1. The van der Waals surface area contributed by atoms with E-state index < -0.39 is 28.5 Å². The van der Waals surface area contributed by atoms with Crippen LogP contribution in [0, 0.1) is 0 Å². The maximum absolute atomic E-state index is 14.2. The second kappa shape index (κ2) is 15.2. The van der Waals surface area contributed by atoms with Gasteiger partial charge in [-0.1, -0.05) is 42.3 Å². The highest BCUT2D eigenvalue weighted by molar-refractivity contribution is 7.92. The van der Waals surface area contributed by atoms with Gasteiger partial charge in [0.1, 0.15) is 18.3 Å². The van der Waals surface area contributed by atoms with E-state index in [-0.39, 0.29) is 39.6 Å². The summed E-state index contributed by atoms with van der Waals surface area (Å²) in [5, 5.41) is 3.48. The standard InChI is InChI=1S/C30H35Cl2N3O7S/c1-6-14-33-30(37)20(2)34(18-21-8-7-9-22(31)15-21)29(36)19-35(25-16-23(32)10-12-26(25)40-3)43(38,39)24-11-13-27(41-4)28(17-24)42-5/h7-13,15-17,20H,6,14,18-19H2,1-5H3,(H,33,37)/t20-/m0/s1. The number of nitrogens with one attached hydrogen (secondary N) is 1. The highest BCUT2D eigenvalue weighted by Gasteiger charge is 2.34. The topological polar surface area (TPSA) is 114 Å². The average molecular weight is 653 g/mol. The predicted molar refractivity (Wildman–Crippen MR) is 167 cm³/mol. The molecule has 0 bridgehead atoms. The molecule has 1 atom stereocenters. The lowest BCUT2D eigenvalue weighted by Crippen LogP contribution is -2.51. The number of sulfonamides is 1. The number of hydrogen-bond donors (Lipinski definition) is 1. The van der Waals surface area contributed by atoms with Crippen LogP contribution in [0.5, 0.6) is 17.2 Å². The summed E-state index contributed by atoms with van der Waals surface area (Å²) >= 11 is 12.5. The molecule has 0 spiro atoms. The summed E-state index contributed by atoms with van der Waals surface area (Å²) in [6, 6.07) is 14.5. The Hall–Kier alpha value is -3.67. The normalized spacial score (nSPS) is 11.8. The van der Waals surface area contributed by atoms with Crippen molar-refractivity contribution in [1.82, 2.24) is 10.2 Å². The summed E-state index contributed by atoms with van der Waals surface area (Å²) in [7, 11) is -0.249. The molecular formula is C30H35Cl2N3O7S. The Balaban J connectivity index is 2.14. The first kappa shape index (κ1) is 33.8. The molecule has 0 heterocycles. The molecule has 0 fully saturated rings. The fraction of sp³-hybridized carbons (Fsp3) is 0.333. The zero-order valence-corrected chi connectivity index (χ0v) is 26.9. The summed E-state index contributed by atoms with van der Waals surface area (Å²) < 4.78 is 45.4. The number of methoxy groups -OCH3 is 3. The summed E-state index contributed by atoms with van der Waals surface area (Å²) in [5.74, 6) is -0.366. The molecule has 2 amide bonds. The lowest BCUT2D eigenvalue weighted by molar-refractivity contribution is -0.139. The summed E-state index contributed by atoms with van der Waals surface area (Å²) in [5.41, 5.74) is 0.689. The molecule has 3 aromatic rings. The summed E-state index contributed by atoms with van der Waals surface area (Å²) in [4.78, 5) is 28.3. The molecule has 0 radical (unpaired) electrons. The van der Waals surface area contributed by atoms with E-state index in [4.69, 9.17) is 37.4 Å². The van der Waals surface area contributed by atoms with Gasteiger partial charge in [-0.25, -0.2) is 8.42 Å². The van der Waals surface area contributed by atoms with Gasteiger partial charge >= 0.3 is 0 Å². The van der Waals surface area contributed by atoms with E-state index >= 15 is 0 Å². The largest absolute Gasteiger partial charge is 0.495 e. The maximum Gasteiger partial charge on any atom is 0.265 e. The Bertz CT molecular complexity index is 1550. The Labute approximate surface area is 262 Å². The van der Waals surface area contributed by atoms with Crippen molar-refractivity contribution >= 4 is 50.7 Å². The van der Waals surface area contributed by atoms with E-state index in [1.165, 1.54) is 56.6 Å². The highest BCUT2D eigenvalue weighted by atomic mass is 35.5. The Morgan fingerprint density at radius 3 is 2.16 bits per heavy atom. The van der Waals surface area contributed by atoms with Gasteiger partial charge in [0.25, 0.3) is 10.0 Å². The molecule has 0 aliphatic rings. The molecule has 0 unspecified atom stereocenters. The first-order valence-electron chi connectivity index (χ1n) is 13.4. The van der Waals surface area contributed by atoms with Gasteiger partial charge in [0, 0.05) is 29.2 Å². The minimum atomic E-state index is -4.44. The third-order valence-electron chi connectivity index (χ3n) is 6.59. The molecule has 0 saturated carbocycles. The predicted octanol–water partition coefficient (Wildman–Crippen LogP) is 5.16. The average Bonchev–Trinajstić information content (AvgIpc) is 3.00. The van der Waals surface area contributed by atoms with E-state index in [2.05, 4.69) is 5.32 Å². The van der Waals surface area contributed by atoms with Gasteiger partial charge in [-0.15, -0.1) is 0 Å². The van der Waals surface area contributed by atoms with Crippen LogP contribution in [0.3, 0.4) is 0 Å². The van der Waals surface area contributed by atoms with Gasteiger partial charge in [0.2, 0.25) is 11.8 Å². The number of benzene rings is 3. The number of ether oxygens (including phenoxy) is 3. The molecule has 13 heteroatoms. The van der Waals surface area contributed by atoms with Crippen LogP contribution >= 0.6 is 23.2 Å². The van der Waals surface area contributed by atoms with Crippen LogP contribution < -0.4 is 23.8 Å². The van der Waals surface area contributed by atoms with Crippen molar-refractivity contribution in [2.24, 2.45) is 0 Å². The number of rotatable bonds is 14. The van der Waals surface area contributed by atoms with E-state index in [0.29, 0.717) is 29.3 Å². The van der Waals surface area contributed by atoms with Crippen molar-refractivity contribution in [1.29, 1.82) is 0 Å². The monoisotopic (exact) mass is 651 g/mol. The van der Waals surface area contributed by atoms with Gasteiger partial charge in [0.05, 0.1) is 31.9 Å². The quantitative estimate of drug-likeness (QED) is 0.256. The summed E-state index contributed by atoms with van der Waals surface area (Å²) in [6.07, 6.45) is 0.701. The molecule has 1 N–H and O–H groups in total. The van der Waals surface area contributed by atoms with Crippen LogP contribution in [0.15, 0.2) is 65.6 Å². The van der Waals surface area contributed by atoms with Crippen LogP contribution in [0.25, 0.3) is 0 Å². The van der Waals surface area contributed by atoms with Crippen LogP contribution in [0.4, 0.5) is 5.69 Å². The molecule has 10 nitrogen and oxygen atoms in total. The van der Waals surface area contributed by atoms with Gasteiger partial charge in [0.15, 0.2) is 11.5 Å². The lowest BCUT2D eigenvalue weighted by Gasteiger charge is -2.32. The fourth-order valence-corrected chi connectivity index (χ4v) is 6.10. The molecule has 0 aliphatic heterocycles. The lowest BCUT2D eigenvalue weighted by atomic mass is 10.1. The Kier molecular flexibility index (Phi) is 11.9. The third kappa shape index (κ3) is 8.25. The Morgan fingerprint density at radius 2 is 1.53 bits per heavy atom. The smallest absolute Gasteiger partial charge is 0.265 e. The van der Waals surface area contributed by atoms with Crippen LogP contribution in [-0.4, -0.2) is 65.6 Å². The molecule has 232 valence electrons. The van der Waals surface area contributed by atoms with Crippen molar-refractivity contribution in [2.45, 2.75) is 37.8 Å². The minimum absolute atomic E-state index is 0.00294. The molecule has 3 aromatic carbocycles. The maximum atomic E-state index is 14.2. The zero-order valence-electron chi connectivity index (χ0n) is 24.6. The molecule has 3 rings (SSSR count). The van der Waals surface area contributed by atoms with E-state index in [0.717, 1.165) is 4.31 Å². The van der Waals surface area contributed by atoms with Crippen LogP contribution in [0.1, 0.15) is 25.8 Å². The highest BCUT2D eigenvalue weighted by Crippen LogP contribution is 2.37. The number of amides is 2. The Morgan fingerprint density at radius 1 is 0.884 bits per heavy atom. The van der Waals surface area contributed by atoms with E-state index in [1.807, 2.05) is 6.92 Å². The van der Waals surface area contributed by atoms with Gasteiger partial charge < -0.3 is 24.4 Å². The first-order valence-corrected chi connectivity index (χ1v) is 15.6. The van der Waals surface area contributed by atoms with Gasteiger partial charge in [-0.05, 0) is 61.4 Å². The van der Waals surface area contributed by atoms with Crippen LogP contribution in [-0.2, 0) is 26.2 Å². The second-order valence-electron chi connectivity index (χ2n) is 9.46. The summed E-state index contributed by atoms with van der Waals surface area (Å²) in [6.45, 7) is 3.23. The van der Waals surface area contributed by atoms with Crippen LogP contribution in [0.2, 0.25) is 10.0 Å². The number of halogens is 2. The van der Waals surface area contributed by atoms with Crippen molar-refractivity contribution in [2.75, 3.05) is 38.7 Å². The van der Waals surface area contributed by atoms with E-state index in [9.17, 15) is 18.0 Å². The van der Waals surface area contributed by atoms with Crippen molar-refractivity contribution in [3.8, 4) is 17.2 Å². The molecular weight excluding hydrogens is 617 g/mol. The molecule has 0 aliphatic carbocycles. The molecule has 0 aromatic heterocycles. The molecule has 0 saturated heterocycles. The minimum Gasteiger partial charge on any atom is -0.495 e. The van der Waals surface area contributed by atoms with Gasteiger partial charge in [-0.3, -0.25) is 13.9 Å². The number of carbonyl (C=O) groups is 2. The number of hydrogen-bond acceptors (Lipinski definition) is 7. The number of carbonyl (C=O) groups excluding carboxylic acids is 2. The zero-order chi connectivity index (χ0) is 31.7. The number of nitrogens with zero attached hydrogens (tertiary/aromatic N) is 2. The SMILES string of the molecule is CCCNC(=O)[C@H](C)N(Cc1cccc(Cl)c1)C(=O)CN(c1cc(Cl)ccc1OC)S(=O)(=O)c1ccc(OC)c(OC)c1. The van der Waals surface area contributed by atoms with Gasteiger partial charge in [-0.2, -0.15) is 0 Å². The van der Waals surface area contributed by atoms with Crippen molar-refractivity contribution in [3.63, 3.8) is 0 Å². The third-order valence-corrected chi connectivity index (χ3v) is 8.82. The fourth-order valence-electron chi connectivity index (χ4n) is 4.29.